The van der Waals surface area contributed by atoms with Crippen LogP contribution in [-0.4, -0.2) is 23.2 Å². The van der Waals surface area contributed by atoms with Gasteiger partial charge in [-0.1, -0.05) is 94.9 Å². The third-order valence-corrected chi connectivity index (χ3v) is 9.39. The van der Waals surface area contributed by atoms with Crippen molar-refractivity contribution in [2.75, 3.05) is 13.2 Å². The minimum Gasteiger partial charge on any atom is -0.380 e. The Bertz CT molecular complexity index is 426. The van der Waals surface area contributed by atoms with Crippen LogP contribution in [0.2, 0.25) is 0 Å². The van der Waals surface area contributed by atoms with Crippen molar-refractivity contribution in [1.82, 2.24) is 0 Å². The zero-order valence-corrected chi connectivity index (χ0v) is 21.8. The van der Waals surface area contributed by atoms with Gasteiger partial charge in [0.2, 0.25) is 0 Å². The molecule has 1 saturated carbocycles. The molecule has 0 heterocycles. The molecule has 1 nitrogen and oxygen atoms in total. The molecule has 1 fully saturated rings. The lowest BCUT2D eigenvalue weighted by Crippen LogP contribution is -2.30. The molecule has 0 aliphatic heterocycles. The van der Waals surface area contributed by atoms with Crippen LogP contribution in [0.15, 0.2) is 0 Å². The number of hydrogen-bond acceptors (Lipinski definition) is 2. The average molecular weight is 413 g/mol. The molecule has 1 rings (SSSR count). The summed E-state index contributed by atoms with van der Waals surface area (Å²) < 4.78 is 6.62. The minimum atomic E-state index is 0.271. The number of hydrogen-bond donors (Lipinski definition) is 0. The van der Waals surface area contributed by atoms with Crippen LogP contribution in [0, 0.1) is 28.6 Å². The molecular formula is C26H52OS. The predicted octanol–water partition coefficient (Wildman–Crippen LogP) is 8.61. The number of rotatable bonds is 10. The fourth-order valence-corrected chi connectivity index (χ4v) is 5.74. The van der Waals surface area contributed by atoms with E-state index < -0.39 is 0 Å². The predicted molar refractivity (Wildman–Crippen MR) is 129 cm³/mol. The molecule has 1 aliphatic rings. The highest BCUT2D eigenvalue weighted by atomic mass is 32.2. The highest BCUT2D eigenvalue weighted by Crippen LogP contribution is 2.41. The van der Waals surface area contributed by atoms with Gasteiger partial charge in [0.25, 0.3) is 0 Å². The van der Waals surface area contributed by atoms with Crippen molar-refractivity contribution in [2.45, 2.75) is 124 Å². The van der Waals surface area contributed by atoms with E-state index in [9.17, 15) is 0 Å². The normalized spacial score (nSPS) is 23.1. The van der Waals surface area contributed by atoms with Gasteiger partial charge in [-0.25, -0.2) is 0 Å². The van der Waals surface area contributed by atoms with Crippen LogP contribution in [0.5, 0.6) is 0 Å². The maximum atomic E-state index is 6.21. The molecule has 0 amide bonds. The van der Waals surface area contributed by atoms with E-state index in [0.717, 1.165) is 30.3 Å². The molecule has 0 unspecified atom stereocenters. The van der Waals surface area contributed by atoms with E-state index in [4.69, 9.17) is 4.74 Å². The Labute approximate surface area is 182 Å². The first-order valence-electron chi connectivity index (χ1n) is 12.0. The summed E-state index contributed by atoms with van der Waals surface area (Å²) in [5.41, 5.74) is 0.567. The molecule has 0 radical (unpaired) electrons. The Balaban J connectivity index is 2.42. The first-order chi connectivity index (χ1) is 12.8. The van der Waals surface area contributed by atoms with E-state index in [2.05, 4.69) is 81.0 Å². The molecule has 0 atom stereocenters. The Morgan fingerprint density at radius 2 is 1.32 bits per heavy atom. The van der Waals surface area contributed by atoms with E-state index in [1.807, 2.05) is 0 Å². The molecular weight excluding hydrogens is 360 g/mol. The maximum absolute atomic E-state index is 6.21. The lowest BCUT2D eigenvalue weighted by molar-refractivity contribution is -0.00903. The van der Waals surface area contributed by atoms with Gasteiger partial charge in [0.15, 0.2) is 0 Å². The Morgan fingerprint density at radius 3 is 1.79 bits per heavy atom. The van der Waals surface area contributed by atoms with E-state index in [1.54, 1.807) is 0 Å². The quantitative estimate of drug-likeness (QED) is 0.355. The Kier molecular flexibility index (Phi) is 10.4. The van der Waals surface area contributed by atoms with E-state index in [-0.39, 0.29) is 5.41 Å². The lowest BCUT2D eigenvalue weighted by Gasteiger charge is -2.36. The van der Waals surface area contributed by atoms with Gasteiger partial charge in [0.05, 0.1) is 13.2 Å². The molecule has 0 saturated heterocycles. The van der Waals surface area contributed by atoms with Gasteiger partial charge in [-0.2, -0.15) is 11.8 Å². The topological polar surface area (TPSA) is 9.23 Å². The van der Waals surface area contributed by atoms with Crippen molar-refractivity contribution in [3.63, 3.8) is 0 Å². The van der Waals surface area contributed by atoms with Gasteiger partial charge >= 0.3 is 0 Å². The second-order valence-corrected chi connectivity index (χ2v) is 14.2. The summed E-state index contributed by atoms with van der Waals surface area (Å²) >= 11 is 2.26. The molecule has 0 aromatic heterocycles. The highest BCUT2D eigenvalue weighted by Gasteiger charge is 2.30. The van der Waals surface area contributed by atoms with Gasteiger partial charge in [-0.3, -0.25) is 0 Å². The van der Waals surface area contributed by atoms with Crippen molar-refractivity contribution < 1.29 is 4.74 Å². The lowest BCUT2D eigenvalue weighted by atomic mass is 9.78. The van der Waals surface area contributed by atoms with Crippen LogP contribution in [0.3, 0.4) is 0 Å². The largest absolute Gasteiger partial charge is 0.380 e. The van der Waals surface area contributed by atoms with Crippen molar-refractivity contribution in [3.05, 3.63) is 0 Å². The standard InChI is InChI=1S/C26H52OS/c1-20(2)25(7,8)19-27-18-24(5,6)17-22-13-11-15-23(16-12-14-22)28-26(9,10)21(3)4/h20-23H,11-19H2,1-10H3. The van der Waals surface area contributed by atoms with E-state index in [0.29, 0.717) is 16.1 Å². The SMILES string of the molecule is CC(C)C(C)(C)COCC(C)(C)CC1CCCC(SC(C)(C)C(C)C)CCC1. The Morgan fingerprint density at radius 1 is 0.786 bits per heavy atom. The molecule has 168 valence electrons. The molecule has 1 aliphatic carbocycles. The van der Waals surface area contributed by atoms with Gasteiger partial charge < -0.3 is 4.74 Å². The maximum Gasteiger partial charge on any atom is 0.0519 e. The van der Waals surface area contributed by atoms with Crippen molar-refractivity contribution >= 4 is 11.8 Å². The molecule has 0 aromatic carbocycles. The zero-order valence-electron chi connectivity index (χ0n) is 21.0. The Hall–Kier alpha value is 0.310. The van der Waals surface area contributed by atoms with Crippen LogP contribution in [0.4, 0.5) is 0 Å². The second-order valence-electron chi connectivity index (χ2n) is 12.2. The molecule has 0 aromatic rings. The molecule has 2 heteroatoms. The molecule has 0 N–H and O–H groups in total. The van der Waals surface area contributed by atoms with Crippen LogP contribution in [0.1, 0.15) is 114 Å². The van der Waals surface area contributed by atoms with Gasteiger partial charge in [0, 0.05) is 10.00 Å². The average Bonchev–Trinajstić information content (AvgIpc) is 2.50. The third kappa shape index (κ3) is 9.41. The van der Waals surface area contributed by atoms with Crippen LogP contribution in [0.25, 0.3) is 0 Å². The minimum absolute atomic E-state index is 0.271. The molecule has 0 spiro atoms. The third-order valence-electron chi connectivity index (χ3n) is 7.51. The zero-order chi connectivity index (χ0) is 21.6. The summed E-state index contributed by atoms with van der Waals surface area (Å²) in [6.07, 6.45) is 9.81. The highest BCUT2D eigenvalue weighted by molar-refractivity contribution is 8.01. The van der Waals surface area contributed by atoms with E-state index >= 15 is 0 Å². The molecule has 0 bridgehead atoms. The van der Waals surface area contributed by atoms with Crippen molar-refractivity contribution in [1.29, 1.82) is 0 Å². The fraction of sp³-hybridized carbons (Fsp3) is 1.00. The van der Waals surface area contributed by atoms with E-state index in [1.165, 1.54) is 44.9 Å². The summed E-state index contributed by atoms with van der Waals surface area (Å²) in [6, 6.07) is 0. The first-order valence-corrected chi connectivity index (χ1v) is 12.9. The smallest absolute Gasteiger partial charge is 0.0519 e. The fourth-order valence-electron chi connectivity index (χ4n) is 4.04. The van der Waals surface area contributed by atoms with Gasteiger partial charge in [0.1, 0.15) is 0 Å². The summed E-state index contributed by atoms with van der Waals surface area (Å²) in [4.78, 5) is 0. The summed E-state index contributed by atoms with van der Waals surface area (Å²) in [5, 5.41) is 0.868. The van der Waals surface area contributed by atoms with Gasteiger partial charge in [-0.15, -0.1) is 0 Å². The second kappa shape index (κ2) is 11.1. The van der Waals surface area contributed by atoms with Crippen LogP contribution >= 0.6 is 11.8 Å². The first kappa shape index (κ1) is 26.3. The van der Waals surface area contributed by atoms with Crippen LogP contribution in [-0.2, 0) is 4.74 Å². The number of ether oxygens (including phenoxy) is 1. The van der Waals surface area contributed by atoms with Gasteiger partial charge in [-0.05, 0) is 47.8 Å². The summed E-state index contributed by atoms with van der Waals surface area (Å²) in [7, 11) is 0. The monoisotopic (exact) mass is 412 g/mol. The number of thioether (sulfide) groups is 1. The summed E-state index contributed by atoms with van der Waals surface area (Å²) in [5.74, 6) is 2.30. The van der Waals surface area contributed by atoms with Crippen LogP contribution < -0.4 is 0 Å². The molecule has 28 heavy (non-hydrogen) atoms. The summed E-state index contributed by atoms with van der Waals surface area (Å²) in [6.45, 7) is 25.5. The van der Waals surface area contributed by atoms with Crippen molar-refractivity contribution in [2.24, 2.45) is 28.6 Å². The van der Waals surface area contributed by atoms with Crippen molar-refractivity contribution in [3.8, 4) is 0 Å².